The molecule has 0 amide bonds. The van der Waals surface area contributed by atoms with Crippen molar-refractivity contribution in [2.75, 3.05) is 0 Å². The molecule has 0 bridgehead atoms. The number of alkyl halides is 1. The summed E-state index contributed by atoms with van der Waals surface area (Å²) < 4.78 is 19.5. The molecule has 1 saturated heterocycles. The number of carbonyl (C=O) groups excluding carboxylic acids is 1. The quantitative estimate of drug-likeness (QED) is 0.695. The summed E-state index contributed by atoms with van der Waals surface area (Å²) in [4.78, 5) is 12.1. The number of hydrogen-bond donors (Lipinski definition) is 0. The van der Waals surface area contributed by atoms with Crippen molar-refractivity contribution in [3.05, 3.63) is 0 Å². The number of hydrogen-bond acceptors (Lipinski definition) is 2. The van der Waals surface area contributed by atoms with Gasteiger partial charge in [0.15, 0.2) is 0 Å². The van der Waals surface area contributed by atoms with E-state index in [4.69, 9.17) is 4.74 Å². The van der Waals surface area contributed by atoms with Crippen molar-refractivity contribution in [2.24, 2.45) is 5.41 Å². The first-order valence-electron chi connectivity index (χ1n) is 7.03. The summed E-state index contributed by atoms with van der Waals surface area (Å²) in [6.45, 7) is 2.02. The van der Waals surface area contributed by atoms with Crippen LogP contribution in [-0.2, 0) is 9.53 Å². The van der Waals surface area contributed by atoms with Crippen LogP contribution in [0.3, 0.4) is 0 Å². The smallest absolute Gasteiger partial charge is 0.314 e. The molecule has 1 unspecified atom stereocenters. The van der Waals surface area contributed by atoms with Gasteiger partial charge in [0.2, 0.25) is 0 Å². The summed E-state index contributed by atoms with van der Waals surface area (Å²) in [6.07, 6.45) is 8.35. The van der Waals surface area contributed by atoms with E-state index in [1.54, 1.807) is 0 Å². The largest absolute Gasteiger partial charge is 0.428 e. The maximum absolute atomic E-state index is 14.3. The SMILES string of the molecule is CCCCC1(F)CCC2(CCCCC2)C(=O)O1. The maximum Gasteiger partial charge on any atom is 0.314 e. The molecule has 3 heteroatoms. The first-order valence-corrected chi connectivity index (χ1v) is 7.03. The van der Waals surface area contributed by atoms with Crippen molar-refractivity contribution >= 4 is 5.97 Å². The Morgan fingerprint density at radius 2 is 1.88 bits per heavy atom. The van der Waals surface area contributed by atoms with E-state index >= 15 is 0 Å². The van der Waals surface area contributed by atoms with Crippen LogP contribution in [0, 0.1) is 5.41 Å². The van der Waals surface area contributed by atoms with Crippen LogP contribution in [0.15, 0.2) is 0 Å². The van der Waals surface area contributed by atoms with Gasteiger partial charge < -0.3 is 4.74 Å². The zero-order valence-corrected chi connectivity index (χ0v) is 10.8. The Bertz CT molecular complexity index is 284. The van der Waals surface area contributed by atoms with Gasteiger partial charge in [0.1, 0.15) is 0 Å². The molecule has 1 heterocycles. The maximum atomic E-state index is 14.3. The zero-order valence-electron chi connectivity index (χ0n) is 10.8. The Labute approximate surface area is 103 Å². The molecule has 1 atom stereocenters. The molecular weight excluding hydrogens is 219 g/mol. The number of halogens is 1. The zero-order chi connectivity index (χ0) is 12.4. The van der Waals surface area contributed by atoms with Crippen molar-refractivity contribution in [3.8, 4) is 0 Å². The summed E-state index contributed by atoms with van der Waals surface area (Å²) in [5.41, 5.74) is -0.333. The number of ether oxygens (including phenoxy) is 1. The Morgan fingerprint density at radius 1 is 1.18 bits per heavy atom. The summed E-state index contributed by atoms with van der Waals surface area (Å²) >= 11 is 0. The summed E-state index contributed by atoms with van der Waals surface area (Å²) in [7, 11) is 0. The van der Waals surface area contributed by atoms with Crippen LogP contribution in [0.5, 0.6) is 0 Å². The molecule has 1 aliphatic heterocycles. The Balaban J connectivity index is 1.98. The van der Waals surface area contributed by atoms with Gasteiger partial charge in [-0.2, -0.15) is 4.39 Å². The second-order valence-electron chi connectivity index (χ2n) is 5.72. The lowest BCUT2D eigenvalue weighted by Crippen LogP contribution is -2.47. The molecule has 2 fully saturated rings. The topological polar surface area (TPSA) is 26.3 Å². The monoisotopic (exact) mass is 242 g/mol. The fraction of sp³-hybridized carbons (Fsp3) is 0.929. The molecule has 0 aromatic carbocycles. The van der Waals surface area contributed by atoms with Crippen LogP contribution in [0.1, 0.15) is 71.1 Å². The minimum atomic E-state index is -1.67. The normalized spacial score (nSPS) is 32.5. The molecule has 0 N–H and O–H groups in total. The molecule has 1 aliphatic carbocycles. The Kier molecular flexibility index (Phi) is 3.74. The van der Waals surface area contributed by atoms with Gasteiger partial charge in [0.05, 0.1) is 5.41 Å². The number of carbonyl (C=O) groups is 1. The van der Waals surface area contributed by atoms with Crippen molar-refractivity contribution in [2.45, 2.75) is 77.0 Å². The number of cyclic esters (lactones) is 1. The fourth-order valence-electron chi connectivity index (χ4n) is 3.15. The van der Waals surface area contributed by atoms with E-state index in [9.17, 15) is 9.18 Å². The van der Waals surface area contributed by atoms with Gasteiger partial charge in [-0.05, 0) is 25.7 Å². The highest BCUT2D eigenvalue weighted by Gasteiger charge is 2.50. The molecule has 98 valence electrons. The van der Waals surface area contributed by atoms with E-state index in [1.807, 2.05) is 6.92 Å². The highest BCUT2D eigenvalue weighted by molar-refractivity contribution is 5.78. The standard InChI is InChI=1S/C14H23FO2/c1-2-3-9-14(15)11-10-13(12(16)17-14)7-5-4-6-8-13/h2-11H2,1H3. The van der Waals surface area contributed by atoms with E-state index in [2.05, 4.69) is 0 Å². The second kappa shape index (κ2) is 4.95. The predicted octanol–water partition coefficient (Wildman–Crippen LogP) is 4.13. The molecule has 2 rings (SSSR count). The lowest BCUT2D eigenvalue weighted by molar-refractivity contribution is -0.218. The van der Waals surface area contributed by atoms with Crippen LogP contribution in [0.4, 0.5) is 4.39 Å². The average molecular weight is 242 g/mol. The predicted molar refractivity (Wildman–Crippen MR) is 64.2 cm³/mol. The Morgan fingerprint density at radius 3 is 2.47 bits per heavy atom. The van der Waals surface area contributed by atoms with Crippen LogP contribution >= 0.6 is 0 Å². The van der Waals surface area contributed by atoms with Gasteiger partial charge in [0.25, 0.3) is 5.85 Å². The van der Waals surface area contributed by atoms with E-state index in [0.29, 0.717) is 19.3 Å². The molecule has 0 aromatic rings. The molecule has 0 aromatic heterocycles. The third kappa shape index (κ3) is 2.63. The van der Waals surface area contributed by atoms with Crippen LogP contribution in [0.2, 0.25) is 0 Å². The molecule has 0 radical (unpaired) electrons. The third-order valence-electron chi connectivity index (χ3n) is 4.40. The third-order valence-corrected chi connectivity index (χ3v) is 4.40. The molecule has 2 aliphatic rings. The van der Waals surface area contributed by atoms with Crippen molar-refractivity contribution in [1.29, 1.82) is 0 Å². The van der Waals surface area contributed by atoms with E-state index in [1.165, 1.54) is 6.42 Å². The molecule has 1 saturated carbocycles. The second-order valence-corrected chi connectivity index (χ2v) is 5.72. The summed E-state index contributed by atoms with van der Waals surface area (Å²) in [6, 6.07) is 0. The van der Waals surface area contributed by atoms with Gasteiger partial charge in [-0.25, -0.2) is 0 Å². The highest BCUT2D eigenvalue weighted by Crippen LogP contribution is 2.48. The van der Waals surface area contributed by atoms with Crippen LogP contribution < -0.4 is 0 Å². The number of unbranched alkanes of at least 4 members (excludes halogenated alkanes) is 1. The number of esters is 1. The van der Waals surface area contributed by atoms with Crippen molar-refractivity contribution in [1.82, 2.24) is 0 Å². The first-order chi connectivity index (χ1) is 8.10. The lowest BCUT2D eigenvalue weighted by atomic mass is 9.69. The van der Waals surface area contributed by atoms with Crippen LogP contribution in [0.25, 0.3) is 0 Å². The van der Waals surface area contributed by atoms with Gasteiger partial charge in [0, 0.05) is 12.8 Å². The molecule has 2 nitrogen and oxygen atoms in total. The molecule has 1 spiro atoms. The summed E-state index contributed by atoms with van der Waals surface area (Å²) in [5.74, 6) is -1.93. The van der Waals surface area contributed by atoms with Crippen LogP contribution in [-0.4, -0.2) is 11.8 Å². The lowest BCUT2D eigenvalue weighted by Gasteiger charge is -2.43. The van der Waals surface area contributed by atoms with Gasteiger partial charge in [-0.1, -0.05) is 32.6 Å². The minimum absolute atomic E-state index is 0.262. The minimum Gasteiger partial charge on any atom is -0.428 e. The van der Waals surface area contributed by atoms with E-state index in [0.717, 1.165) is 38.5 Å². The van der Waals surface area contributed by atoms with Gasteiger partial charge >= 0.3 is 5.97 Å². The molecular formula is C14H23FO2. The van der Waals surface area contributed by atoms with E-state index in [-0.39, 0.29) is 11.4 Å². The van der Waals surface area contributed by atoms with Crippen molar-refractivity contribution in [3.63, 3.8) is 0 Å². The fourth-order valence-corrected chi connectivity index (χ4v) is 3.15. The highest BCUT2D eigenvalue weighted by atomic mass is 19.2. The van der Waals surface area contributed by atoms with Gasteiger partial charge in [-0.3, -0.25) is 4.79 Å². The van der Waals surface area contributed by atoms with Gasteiger partial charge in [-0.15, -0.1) is 0 Å². The number of rotatable bonds is 3. The first kappa shape index (κ1) is 12.8. The van der Waals surface area contributed by atoms with Crippen molar-refractivity contribution < 1.29 is 13.9 Å². The summed E-state index contributed by atoms with van der Waals surface area (Å²) in [5, 5.41) is 0. The molecule has 17 heavy (non-hydrogen) atoms. The van der Waals surface area contributed by atoms with E-state index < -0.39 is 5.85 Å². The Hall–Kier alpha value is -0.600. The average Bonchev–Trinajstić information content (AvgIpc) is 2.34.